The second kappa shape index (κ2) is 13.4. The molecule has 1 fully saturated rings. The molecule has 2 heterocycles. The molecule has 4 rings (SSSR count). The van der Waals surface area contributed by atoms with Crippen molar-refractivity contribution >= 4 is 11.9 Å². The van der Waals surface area contributed by atoms with Crippen LogP contribution >= 0.6 is 0 Å². The van der Waals surface area contributed by atoms with E-state index < -0.39 is 17.7 Å². The largest absolute Gasteiger partial charge is 0.462 e. The zero-order valence-electron chi connectivity index (χ0n) is 28.2. The van der Waals surface area contributed by atoms with Gasteiger partial charge in [-0.05, 0) is 87.3 Å². The fourth-order valence-electron chi connectivity index (χ4n) is 7.22. The average molecular weight is 613 g/mol. The predicted octanol–water partition coefficient (Wildman–Crippen LogP) is 7.69. The SMILES string of the molecule is CC(=O)OC1CC(C)(C)C2=CC(C3=CC(=CC(C)=CC=CC=CC=C(C)C#CC4=C(C)CC(O)CC4(C)C)OC3=O)OC2(C)C1. The molecule has 0 radical (unpaired) electrons. The molecule has 0 bridgehead atoms. The summed E-state index contributed by atoms with van der Waals surface area (Å²) in [6.07, 6.45) is 19.0. The summed E-state index contributed by atoms with van der Waals surface area (Å²) in [7, 11) is 0. The van der Waals surface area contributed by atoms with Gasteiger partial charge in [0.2, 0.25) is 0 Å². The van der Waals surface area contributed by atoms with E-state index in [1.165, 1.54) is 12.5 Å². The molecule has 1 saturated carbocycles. The van der Waals surface area contributed by atoms with Crippen molar-refractivity contribution in [1.82, 2.24) is 0 Å². The molecule has 45 heavy (non-hydrogen) atoms. The van der Waals surface area contributed by atoms with Crippen LogP contribution in [0.4, 0.5) is 0 Å². The molecule has 0 aromatic carbocycles. The Morgan fingerprint density at radius 1 is 1.00 bits per heavy atom. The van der Waals surface area contributed by atoms with E-state index in [4.69, 9.17) is 14.2 Å². The van der Waals surface area contributed by atoms with E-state index >= 15 is 0 Å². The van der Waals surface area contributed by atoms with Crippen molar-refractivity contribution in [2.45, 2.75) is 112 Å². The molecule has 4 aliphatic rings. The summed E-state index contributed by atoms with van der Waals surface area (Å²) in [4.78, 5) is 24.5. The number of esters is 2. The Balaban J connectivity index is 1.37. The summed E-state index contributed by atoms with van der Waals surface area (Å²) in [6, 6.07) is 0. The fourth-order valence-corrected chi connectivity index (χ4v) is 7.22. The number of carbonyl (C=O) groups excluding carboxylic acids is 2. The number of aliphatic hydroxyl groups is 1. The van der Waals surface area contributed by atoms with Crippen molar-refractivity contribution in [3.8, 4) is 11.8 Å². The third-order valence-electron chi connectivity index (χ3n) is 8.93. The molecule has 0 spiro atoms. The summed E-state index contributed by atoms with van der Waals surface area (Å²) in [6.45, 7) is 18.0. The topological polar surface area (TPSA) is 82.1 Å². The van der Waals surface area contributed by atoms with E-state index in [1.54, 1.807) is 6.08 Å². The number of fused-ring (bicyclic) bond motifs is 1. The molecule has 0 aromatic heterocycles. The Morgan fingerprint density at radius 2 is 1.69 bits per heavy atom. The van der Waals surface area contributed by atoms with Crippen LogP contribution in [0.2, 0.25) is 0 Å². The van der Waals surface area contributed by atoms with Crippen LogP contribution in [-0.4, -0.2) is 41.0 Å². The van der Waals surface area contributed by atoms with Gasteiger partial charge in [0, 0.05) is 24.3 Å². The first-order chi connectivity index (χ1) is 21.0. The molecule has 0 amide bonds. The lowest BCUT2D eigenvalue weighted by atomic mass is 9.65. The van der Waals surface area contributed by atoms with Crippen molar-refractivity contribution in [3.05, 3.63) is 93.9 Å². The smallest absolute Gasteiger partial charge is 0.342 e. The van der Waals surface area contributed by atoms with Crippen molar-refractivity contribution in [3.63, 3.8) is 0 Å². The monoisotopic (exact) mass is 612 g/mol. The molecule has 2 aliphatic carbocycles. The molecule has 0 saturated heterocycles. The minimum absolute atomic E-state index is 0.116. The van der Waals surface area contributed by atoms with Crippen molar-refractivity contribution in [2.75, 3.05) is 0 Å². The maximum atomic E-state index is 12.8. The number of carbonyl (C=O) groups is 2. The number of aliphatic hydroxyl groups excluding tert-OH is 1. The van der Waals surface area contributed by atoms with Gasteiger partial charge in [-0.1, -0.05) is 81.6 Å². The van der Waals surface area contributed by atoms with Gasteiger partial charge in [0.05, 0.1) is 17.3 Å². The van der Waals surface area contributed by atoms with E-state index in [9.17, 15) is 14.7 Å². The van der Waals surface area contributed by atoms with E-state index in [2.05, 4.69) is 46.5 Å². The predicted molar refractivity (Wildman–Crippen MR) is 177 cm³/mol. The highest BCUT2D eigenvalue weighted by molar-refractivity contribution is 5.94. The summed E-state index contributed by atoms with van der Waals surface area (Å²) in [5.41, 5.74) is 4.82. The number of cyclic esters (lactones) is 1. The average Bonchev–Trinajstić information content (AvgIpc) is 3.43. The lowest BCUT2D eigenvalue weighted by Crippen LogP contribution is -2.46. The van der Waals surface area contributed by atoms with Gasteiger partial charge >= 0.3 is 11.9 Å². The number of hydrogen-bond donors (Lipinski definition) is 1. The minimum atomic E-state index is -0.623. The Bertz CT molecular complexity index is 1540. The highest BCUT2D eigenvalue weighted by atomic mass is 16.6. The lowest BCUT2D eigenvalue weighted by molar-refractivity contribution is -0.154. The Hall–Kier alpha value is -3.66. The standard InChI is InChI=1S/C39H48O6/c1-25(16-17-33-27(3)19-29(41)22-37(33,5)6)14-12-10-11-13-15-26(2)18-30-20-32(36(42)44-30)34-21-35-38(7,8)23-31(43-28(4)40)24-39(35,9)45-34/h10-15,18,20-21,29,31,34,41H,19,22-24H2,1-9H3. The number of ether oxygens (including phenoxy) is 3. The zero-order valence-corrected chi connectivity index (χ0v) is 28.2. The first-order valence-corrected chi connectivity index (χ1v) is 15.8. The Morgan fingerprint density at radius 3 is 2.36 bits per heavy atom. The van der Waals surface area contributed by atoms with Crippen LogP contribution in [0.25, 0.3) is 0 Å². The molecule has 4 unspecified atom stereocenters. The van der Waals surface area contributed by atoms with Gasteiger partial charge in [-0.2, -0.15) is 0 Å². The van der Waals surface area contributed by atoms with E-state index in [1.807, 2.05) is 69.4 Å². The van der Waals surface area contributed by atoms with Gasteiger partial charge in [-0.15, -0.1) is 0 Å². The quantitative estimate of drug-likeness (QED) is 0.143. The highest BCUT2D eigenvalue weighted by Crippen LogP contribution is 2.53. The van der Waals surface area contributed by atoms with E-state index in [0.29, 0.717) is 30.6 Å². The lowest BCUT2D eigenvalue weighted by Gasteiger charge is -2.45. The number of allylic oxidation sites excluding steroid dienone is 11. The third-order valence-corrected chi connectivity index (χ3v) is 8.93. The fraction of sp³-hybridized carbons (Fsp3) is 0.487. The molecule has 2 aliphatic heterocycles. The molecule has 6 nitrogen and oxygen atoms in total. The van der Waals surface area contributed by atoms with Crippen molar-refractivity contribution < 1.29 is 28.9 Å². The molecule has 1 N–H and O–H groups in total. The molecule has 240 valence electrons. The van der Waals surface area contributed by atoms with Gasteiger partial charge in [-0.25, -0.2) is 4.79 Å². The summed E-state index contributed by atoms with van der Waals surface area (Å²) < 4.78 is 17.6. The number of rotatable bonds is 6. The molecule has 4 atom stereocenters. The maximum Gasteiger partial charge on any atom is 0.342 e. The minimum Gasteiger partial charge on any atom is -0.462 e. The summed E-state index contributed by atoms with van der Waals surface area (Å²) >= 11 is 0. The van der Waals surface area contributed by atoms with Gasteiger partial charge in [0.1, 0.15) is 18.0 Å². The molecule has 0 aromatic rings. The van der Waals surface area contributed by atoms with Gasteiger partial charge in [0.25, 0.3) is 0 Å². The van der Waals surface area contributed by atoms with Crippen molar-refractivity contribution in [1.29, 1.82) is 0 Å². The summed E-state index contributed by atoms with van der Waals surface area (Å²) in [5, 5.41) is 10.1. The van der Waals surface area contributed by atoms with Crippen LogP contribution in [0.1, 0.15) is 88.0 Å². The van der Waals surface area contributed by atoms with Gasteiger partial charge in [-0.3, -0.25) is 4.79 Å². The highest BCUT2D eigenvalue weighted by Gasteiger charge is 2.53. The van der Waals surface area contributed by atoms with Crippen LogP contribution in [0.5, 0.6) is 0 Å². The van der Waals surface area contributed by atoms with Crippen molar-refractivity contribution in [2.24, 2.45) is 10.8 Å². The van der Waals surface area contributed by atoms with Crippen LogP contribution < -0.4 is 0 Å². The van der Waals surface area contributed by atoms with Crippen LogP contribution in [0.15, 0.2) is 93.9 Å². The second-order valence-corrected chi connectivity index (χ2v) is 14.3. The first-order valence-electron chi connectivity index (χ1n) is 15.8. The first kappa shape index (κ1) is 34.2. The van der Waals surface area contributed by atoms with Gasteiger partial charge in [0.15, 0.2) is 0 Å². The normalized spacial score (nSPS) is 30.7. The van der Waals surface area contributed by atoms with Gasteiger partial charge < -0.3 is 19.3 Å². The zero-order chi connectivity index (χ0) is 33.2. The van der Waals surface area contributed by atoms with E-state index in [-0.39, 0.29) is 29.0 Å². The maximum absolute atomic E-state index is 12.8. The van der Waals surface area contributed by atoms with E-state index in [0.717, 1.165) is 28.7 Å². The third kappa shape index (κ3) is 8.34. The molecule has 6 heteroatoms. The van der Waals surface area contributed by atoms with Crippen LogP contribution in [-0.2, 0) is 23.8 Å². The van der Waals surface area contributed by atoms with Crippen LogP contribution in [0, 0.1) is 22.7 Å². The molecular weight excluding hydrogens is 564 g/mol. The second-order valence-electron chi connectivity index (χ2n) is 14.3. The Kier molecular flexibility index (Phi) is 10.2. The molecular formula is C39H48O6. The number of hydrogen-bond acceptors (Lipinski definition) is 6. The Labute approximate surface area is 269 Å². The van der Waals surface area contributed by atoms with Crippen LogP contribution in [0.3, 0.4) is 0 Å². The summed E-state index contributed by atoms with van der Waals surface area (Å²) in [5.74, 6) is 6.38.